The molecular formula is C18H26Cl2N2S. The molecule has 1 saturated carbocycles. The van der Waals surface area contributed by atoms with Crippen LogP contribution in [0.1, 0.15) is 25.1 Å². The Morgan fingerprint density at radius 1 is 1.22 bits per heavy atom. The SMILES string of the molecule is CC(C)N1CC2CC2(c2cc3cc(N(C)C)ccc3s2)C1.Cl.Cl. The summed E-state index contributed by atoms with van der Waals surface area (Å²) in [6.07, 6.45) is 1.41. The summed E-state index contributed by atoms with van der Waals surface area (Å²) in [5.41, 5.74) is 1.79. The second-order valence-electron chi connectivity index (χ2n) is 7.31. The third kappa shape index (κ3) is 2.97. The zero-order valence-corrected chi connectivity index (χ0v) is 16.7. The molecule has 1 saturated heterocycles. The summed E-state index contributed by atoms with van der Waals surface area (Å²) in [4.78, 5) is 6.47. The molecule has 1 aliphatic carbocycles. The maximum Gasteiger partial charge on any atom is 0.0368 e. The summed E-state index contributed by atoms with van der Waals surface area (Å²) in [6.45, 7) is 7.22. The molecule has 2 aliphatic rings. The molecule has 23 heavy (non-hydrogen) atoms. The van der Waals surface area contributed by atoms with Crippen molar-refractivity contribution in [2.45, 2.75) is 31.7 Å². The highest BCUT2D eigenvalue weighted by molar-refractivity contribution is 7.19. The summed E-state index contributed by atoms with van der Waals surface area (Å²) in [6, 6.07) is 10.0. The zero-order chi connectivity index (χ0) is 14.8. The lowest BCUT2D eigenvalue weighted by atomic mass is 10.0. The summed E-state index contributed by atoms with van der Waals surface area (Å²) >= 11 is 2.02. The molecule has 0 N–H and O–H groups in total. The highest BCUT2D eigenvalue weighted by atomic mass is 35.5. The third-order valence-electron chi connectivity index (χ3n) is 5.41. The fourth-order valence-corrected chi connectivity index (χ4v) is 5.16. The minimum Gasteiger partial charge on any atom is -0.378 e. The number of thiophene rings is 1. The predicted octanol–water partition coefficient (Wildman–Crippen LogP) is 4.79. The van der Waals surface area contributed by atoms with Gasteiger partial charge in [0.25, 0.3) is 0 Å². The van der Waals surface area contributed by atoms with E-state index in [2.05, 4.69) is 62.0 Å². The van der Waals surface area contributed by atoms with Gasteiger partial charge in [0.15, 0.2) is 0 Å². The number of halogens is 2. The number of likely N-dealkylation sites (tertiary alicyclic amines) is 1. The molecule has 1 aromatic heterocycles. The van der Waals surface area contributed by atoms with Gasteiger partial charge in [-0.2, -0.15) is 0 Å². The Hall–Kier alpha value is -0.480. The molecule has 1 aromatic carbocycles. The topological polar surface area (TPSA) is 6.48 Å². The number of fused-ring (bicyclic) bond motifs is 2. The van der Waals surface area contributed by atoms with Crippen LogP contribution in [-0.4, -0.2) is 38.1 Å². The van der Waals surface area contributed by atoms with E-state index in [1.807, 2.05) is 11.3 Å². The lowest BCUT2D eigenvalue weighted by Crippen LogP contribution is -2.32. The fourth-order valence-electron chi connectivity index (χ4n) is 3.85. The number of hydrogen-bond acceptors (Lipinski definition) is 3. The van der Waals surface area contributed by atoms with Crippen LogP contribution in [0, 0.1) is 5.92 Å². The molecule has 2 fully saturated rings. The van der Waals surface area contributed by atoms with E-state index < -0.39 is 0 Å². The van der Waals surface area contributed by atoms with Crippen LogP contribution < -0.4 is 4.90 Å². The van der Waals surface area contributed by atoms with E-state index in [4.69, 9.17) is 0 Å². The van der Waals surface area contributed by atoms with Gasteiger partial charge in [0.1, 0.15) is 0 Å². The van der Waals surface area contributed by atoms with Crippen LogP contribution in [0.2, 0.25) is 0 Å². The van der Waals surface area contributed by atoms with Crippen molar-refractivity contribution >= 4 is 51.9 Å². The van der Waals surface area contributed by atoms with Crippen molar-refractivity contribution < 1.29 is 0 Å². The van der Waals surface area contributed by atoms with E-state index in [-0.39, 0.29) is 24.8 Å². The highest BCUT2D eigenvalue weighted by Crippen LogP contribution is 2.61. The highest BCUT2D eigenvalue weighted by Gasteiger charge is 2.61. The van der Waals surface area contributed by atoms with E-state index in [0.717, 1.165) is 5.92 Å². The van der Waals surface area contributed by atoms with Crippen LogP contribution in [0.15, 0.2) is 24.3 Å². The van der Waals surface area contributed by atoms with Crippen molar-refractivity contribution in [1.29, 1.82) is 0 Å². The first kappa shape index (κ1) is 18.9. The van der Waals surface area contributed by atoms with Crippen LogP contribution in [0.25, 0.3) is 10.1 Å². The van der Waals surface area contributed by atoms with Crippen molar-refractivity contribution in [3.05, 3.63) is 29.1 Å². The lowest BCUT2D eigenvalue weighted by Gasteiger charge is -2.24. The number of anilines is 1. The van der Waals surface area contributed by atoms with Gasteiger partial charge in [0.2, 0.25) is 0 Å². The van der Waals surface area contributed by atoms with Gasteiger partial charge in [0, 0.05) is 53.9 Å². The largest absolute Gasteiger partial charge is 0.378 e. The lowest BCUT2D eigenvalue weighted by molar-refractivity contribution is 0.243. The minimum absolute atomic E-state index is 0. The zero-order valence-electron chi connectivity index (χ0n) is 14.2. The van der Waals surface area contributed by atoms with Gasteiger partial charge < -0.3 is 4.90 Å². The van der Waals surface area contributed by atoms with Gasteiger partial charge in [-0.15, -0.1) is 36.2 Å². The maximum atomic E-state index is 2.66. The van der Waals surface area contributed by atoms with Crippen molar-refractivity contribution in [1.82, 2.24) is 4.90 Å². The van der Waals surface area contributed by atoms with E-state index >= 15 is 0 Å². The number of benzene rings is 1. The molecule has 0 bridgehead atoms. The first-order valence-electron chi connectivity index (χ1n) is 7.95. The van der Waals surface area contributed by atoms with E-state index in [9.17, 15) is 0 Å². The molecule has 0 spiro atoms. The fraction of sp³-hybridized carbons (Fsp3) is 0.556. The van der Waals surface area contributed by atoms with Gasteiger partial charge in [-0.05, 0) is 55.8 Å². The van der Waals surface area contributed by atoms with Crippen LogP contribution >= 0.6 is 36.2 Å². The Kier molecular flexibility index (Phi) is 5.28. The Bertz CT molecular complexity index is 697. The van der Waals surface area contributed by atoms with Gasteiger partial charge in [-0.1, -0.05) is 0 Å². The molecule has 2 heterocycles. The molecular weight excluding hydrogens is 347 g/mol. The average Bonchev–Trinajstić information content (AvgIpc) is 2.85. The quantitative estimate of drug-likeness (QED) is 0.763. The summed E-state index contributed by atoms with van der Waals surface area (Å²) in [7, 11) is 4.23. The van der Waals surface area contributed by atoms with Crippen LogP contribution in [0.4, 0.5) is 5.69 Å². The Balaban J connectivity index is 0.000000960. The first-order valence-corrected chi connectivity index (χ1v) is 8.77. The molecule has 0 radical (unpaired) electrons. The van der Waals surface area contributed by atoms with Crippen LogP contribution in [0.5, 0.6) is 0 Å². The molecule has 128 valence electrons. The Labute approximate surface area is 155 Å². The van der Waals surface area contributed by atoms with Crippen molar-refractivity contribution in [2.24, 2.45) is 5.92 Å². The third-order valence-corrected chi connectivity index (χ3v) is 6.75. The molecule has 2 aromatic rings. The number of rotatable bonds is 3. The van der Waals surface area contributed by atoms with Gasteiger partial charge in [0.05, 0.1) is 0 Å². The normalized spacial score (nSPS) is 25.9. The molecule has 1 aliphatic heterocycles. The van der Waals surface area contributed by atoms with Gasteiger partial charge >= 0.3 is 0 Å². The summed E-state index contributed by atoms with van der Waals surface area (Å²) in [5, 5.41) is 1.42. The minimum atomic E-state index is 0. The number of hydrogen-bond donors (Lipinski definition) is 0. The molecule has 5 heteroatoms. The standard InChI is InChI=1S/C18H24N2S.2ClH/c1-12(2)20-10-14-9-18(14,11-20)17-8-13-7-15(19(3)4)5-6-16(13)21-17;;/h5-8,12,14H,9-11H2,1-4H3;2*1H. The number of nitrogens with zero attached hydrogens (tertiary/aromatic N) is 2. The maximum absolute atomic E-state index is 2.66. The second kappa shape index (κ2) is 6.44. The second-order valence-corrected chi connectivity index (χ2v) is 8.39. The monoisotopic (exact) mass is 372 g/mol. The average molecular weight is 373 g/mol. The van der Waals surface area contributed by atoms with Gasteiger partial charge in [-0.25, -0.2) is 0 Å². The smallest absolute Gasteiger partial charge is 0.0368 e. The molecule has 0 amide bonds. The number of piperidine rings is 1. The first-order chi connectivity index (χ1) is 9.99. The van der Waals surface area contributed by atoms with Crippen molar-refractivity contribution in [2.75, 3.05) is 32.1 Å². The van der Waals surface area contributed by atoms with Crippen LogP contribution in [0.3, 0.4) is 0 Å². The summed E-state index contributed by atoms with van der Waals surface area (Å²) < 4.78 is 1.44. The summed E-state index contributed by atoms with van der Waals surface area (Å²) in [5.74, 6) is 0.904. The Morgan fingerprint density at radius 3 is 2.57 bits per heavy atom. The molecule has 2 nitrogen and oxygen atoms in total. The Morgan fingerprint density at radius 2 is 1.96 bits per heavy atom. The van der Waals surface area contributed by atoms with Crippen molar-refractivity contribution in [3.8, 4) is 0 Å². The van der Waals surface area contributed by atoms with E-state index in [1.165, 1.54) is 35.3 Å². The van der Waals surface area contributed by atoms with Crippen LogP contribution in [-0.2, 0) is 5.41 Å². The molecule has 4 rings (SSSR count). The predicted molar refractivity (Wildman–Crippen MR) is 107 cm³/mol. The molecule has 2 unspecified atom stereocenters. The van der Waals surface area contributed by atoms with E-state index in [0.29, 0.717) is 11.5 Å². The molecule has 2 atom stereocenters. The van der Waals surface area contributed by atoms with Gasteiger partial charge in [-0.3, -0.25) is 4.90 Å². The van der Waals surface area contributed by atoms with Crippen molar-refractivity contribution in [3.63, 3.8) is 0 Å². The van der Waals surface area contributed by atoms with E-state index in [1.54, 1.807) is 4.88 Å².